The van der Waals surface area contributed by atoms with E-state index in [9.17, 15) is 4.79 Å². The van der Waals surface area contributed by atoms with Gasteiger partial charge in [0.05, 0.1) is 27.0 Å². The summed E-state index contributed by atoms with van der Waals surface area (Å²) >= 11 is 0. The molecule has 1 saturated heterocycles. The maximum atomic E-state index is 13.7. The number of nitrogens with zero attached hydrogens (tertiary/aromatic N) is 1. The van der Waals surface area contributed by atoms with Gasteiger partial charge in [0.1, 0.15) is 0 Å². The number of fused-ring (bicyclic) bond motifs is 3. The van der Waals surface area contributed by atoms with Gasteiger partial charge in [0.25, 0.3) is 0 Å². The molecule has 0 spiro atoms. The molecule has 0 radical (unpaired) electrons. The minimum absolute atomic E-state index is 0.0451. The van der Waals surface area contributed by atoms with Gasteiger partial charge in [-0.2, -0.15) is 0 Å². The van der Waals surface area contributed by atoms with Gasteiger partial charge in [-0.1, -0.05) is 36.4 Å². The summed E-state index contributed by atoms with van der Waals surface area (Å²) in [5.74, 6) is 2.50. The summed E-state index contributed by atoms with van der Waals surface area (Å²) in [7, 11) is 6.88. The number of rotatable bonds is 7. The highest BCUT2D eigenvalue weighted by Gasteiger charge is 2.29. The van der Waals surface area contributed by atoms with Gasteiger partial charge in [0.15, 0.2) is 11.5 Å². The normalized spacial score (nSPS) is 17.3. The highest BCUT2D eigenvalue weighted by molar-refractivity contribution is 5.83. The molecule has 1 aliphatic carbocycles. The van der Waals surface area contributed by atoms with E-state index in [4.69, 9.17) is 14.2 Å². The van der Waals surface area contributed by atoms with Crippen LogP contribution >= 0.6 is 0 Å². The molecule has 1 aliphatic heterocycles. The van der Waals surface area contributed by atoms with Crippen molar-refractivity contribution in [2.24, 2.45) is 5.92 Å². The highest BCUT2D eigenvalue weighted by Crippen LogP contribution is 2.50. The first-order valence-electron chi connectivity index (χ1n) is 13.5. The van der Waals surface area contributed by atoms with Crippen LogP contribution in [0.3, 0.4) is 0 Å². The standard InChI is InChI=1S/C32H38N2O4/c1-33-26-12-10-23-19-29(36-2)31(37-3)32(38-4)30(23)24-11-13-27(28(35)20-25(24)26)34-16-14-22(15-17-34)18-21-8-6-5-7-9-21/h5-9,11,13,19-20,22,26,33H,10,12,14-18H2,1-4H3/t26-/m1/s1. The Morgan fingerprint density at radius 2 is 1.63 bits per heavy atom. The maximum absolute atomic E-state index is 13.7. The molecule has 0 saturated carbocycles. The van der Waals surface area contributed by atoms with E-state index in [2.05, 4.69) is 46.6 Å². The second kappa shape index (κ2) is 11.5. The summed E-state index contributed by atoms with van der Waals surface area (Å²) in [5.41, 5.74) is 6.32. The fourth-order valence-corrected chi connectivity index (χ4v) is 6.19. The molecule has 0 bridgehead atoms. The highest BCUT2D eigenvalue weighted by atomic mass is 16.5. The monoisotopic (exact) mass is 514 g/mol. The first-order valence-corrected chi connectivity index (χ1v) is 13.5. The lowest BCUT2D eigenvalue weighted by Gasteiger charge is -2.33. The average molecular weight is 515 g/mol. The summed E-state index contributed by atoms with van der Waals surface area (Å²) in [4.78, 5) is 15.9. The van der Waals surface area contributed by atoms with E-state index in [1.54, 1.807) is 21.3 Å². The van der Waals surface area contributed by atoms with Crippen LogP contribution in [0.4, 0.5) is 5.69 Å². The van der Waals surface area contributed by atoms with Crippen molar-refractivity contribution in [3.8, 4) is 28.4 Å². The van der Waals surface area contributed by atoms with Crippen molar-refractivity contribution in [1.29, 1.82) is 0 Å². The van der Waals surface area contributed by atoms with Gasteiger partial charge in [0, 0.05) is 24.7 Å². The number of hydrogen-bond acceptors (Lipinski definition) is 6. The minimum atomic E-state index is 0.0451. The Balaban J connectivity index is 1.53. The molecule has 6 nitrogen and oxygen atoms in total. The van der Waals surface area contributed by atoms with E-state index in [1.807, 2.05) is 25.2 Å². The smallest absolute Gasteiger partial charge is 0.203 e. The van der Waals surface area contributed by atoms with Crippen molar-refractivity contribution >= 4 is 5.69 Å². The number of benzene rings is 2. The van der Waals surface area contributed by atoms with Gasteiger partial charge >= 0.3 is 0 Å². The third kappa shape index (κ3) is 4.97. The first kappa shape index (κ1) is 26.1. The summed E-state index contributed by atoms with van der Waals surface area (Å²) in [6, 6.07) is 18.7. The van der Waals surface area contributed by atoms with Crippen molar-refractivity contribution in [3.05, 3.63) is 81.5 Å². The van der Waals surface area contributed by atoms with Crippen LogP contribution in [-0.4, -0.2) is 41.5 Å². The van der Waals surface area contributed by atoms with Gasteiger partial charge in [-0.3, -0.25) is 4.79 Å². The third-order valence-corrected chi connectivity index (χ3v) is 8.19. The molecule has 1 heterocycles. The van der Waals surface area contributed by atoms with Crippen molar-refractivity contribution in [3.63, 3.8) is 0 Å². The van der Waals surface area contributed by atoms with Crippen molar-refractivity contribution in [1.82, 2.24) is 5.32 Å². The summed E-state index contributed by atoms with van der Waals surface area (Å²) in [5, 5.41) is 3.44. The molecule has 6 heteroatoms. The van der Waals surface area contributed by atoms with Crippen LogP contribution in [0.2, 0.25) is 0 Å². The zero-order valence-electron chi connectivity index (χ0n) is 22.9. The third-order valence-electron chi connectivity index (χ3n) is 8.19. The predicted octanol–water partition coefficient (Wildman–Crippen LogP) is 5.41. The summed E-state index contributed by atoms with van der Waals surface area (Å²) in [6.07, 6.45) is 4.95. The fraction of sp³-hybridized carbons (Fsp3) is 0.406. The number of nitrogens with one attached hydrogen (secondary N) is 1. The van der Waals surface area contributed by atoms with E-state index < -0.39 is 0 Å². The lowest BCUT2D eigenvalue weighted by atomic mass is 9.90. The molecule has 3 aromatic carbocycles. The van der Waals surface area contributed by atoms with Crippen LogP contribution in [0.15, 0.2) is 59.4 Å². The number of ether oxygens (including phenoxy) is 3. The number of hydrogen-bond donors (Lipinski definition) is 1. The SMILES string of the molecule is CN[C@@H]1CCc2cc(OC)c(OC)c(OC)c2-c2ccc(N3CCC(Cc4ccccc4)CC3)c(=O)cc21. The molecule has 1 N–H and O–H groups in total. The maximum Gasteiger partial charge on any atom is 0.203 e. The molecule has 2 aliphatic rings. The molecular formula is C32H38N2O4. The quantitative estimate of drug-likeness (QED) is 0.455. The molecule has 1 fully saturated rings. The van der Waals surface area contributed by atoms with E-state index in [0.717, 1.165) is 73.1 Å². The van der Waals surface area contributed by atoms with Gasteiger partial charge in [-0.05, 0) is 85.5 Å². The van der Waals surface area contributed by atoms with Crippen LogP contribution < -0.4 is 29.9 Å². The van der Waals surface area contributed by atoms with E-state index in [1.165, 1.54) is 5.56 Å². The molecule has 0 aromatic heterocycles. The molecule has 5 rings (SSSR count). The Morgan fingerprint density at radius 3 is 2.29 bits per heavy atom. The number of methoxy groups -OCH3 is 3. The Hall–Kier alpha value is -3.51. The summed E-state index contributed by atoms with van der Waals surface area (Å²) < 4.78 is 17.3. The molecule has 200 valence electrons. The second-order valence-corrected chi connectivity index (χ2v) is 10.3. The topological polar surface area (TPSA) is 60.0 Å². The molecule has 0 amide bonds. The molecule has 0 unspecified atom stereocenters. The minimum Gasteiger partial charge on any atom is -0.493 e. The predicted molar refractivity (Wildman–Crippen MR) is 153 cm³/mol. The average Bonchev–Trinajstić information content (AvgIpc) is 3.20. The lowest BCUT2D eigenvalue weighted by Crippen LogP contribution is -2.36. The Bertz CT molecular complexity index is 1330. The van der Waals surface area contributed by atoms with Crippen LogP contribution in [0.5, 0.6) is 17.2 Å². The second-order valence-electron chi connectivity index (χ2n) is 10.3. The van der Waals surface area contributed by atoms with Crippen molar-refractivity contribution in [2.75, 3.05) is 46.4 Å². The zero-order valence-corrected chi connectivity index (χ0v) is 22.9. The first-order chi connectivity index (χ1) is 18.6. The molecule has 1 atom stereocenters. The van der Waals surface area contributed by atoms with Crippen LogP contribution in [0.25, 0.3) is 11.1 Å². The van der Waals surface area contributed by atoms with Crippen LogP contribution in [0.1, 0.15) is 42.0 Å². The van der Waals surface area contributed by atoms with Gasteiger partial charge in [0.2, 0.25) is 11.2 Å². The van der Waals surface area contributed by atoms with Gasteiger partial charge in [-0.25, -0.2) is 0 Å². The largest absolute Gasteiger partial charge is 0.493 e. The number of aryl methyl sites for hydroxylation is 1. The van der Waals surface area contributed by atoms with Gasteiger partial charge in [-0.15, -0.1) is 0 Å². The van der Waals surface area contributed by atoms with Crippen molar-refractivity contribution < 1.29 is 14.2 Å². The van der Waals surface area contributed by atoms with Crippen LogP contribution in [0, 0.1) is 5.92 Å². The van der Waals surface area contributed by atoms with E-state index in [-0.39, 0.29) is 11.5 Å². The summed E-state index contributed by atoms with van der Waals surface area (Å²) in [6.45, 7) is 1.78. The number of anilines is 1. The Labute approximate surface area is 225 Å². The zero-order chi connectivity index (χ0) is 26.6. The molecular weight excluding hydrogens is 476 g/mol. The van der Waals surface area contributed by atoms with Gasteiger partial charge < -0.3 is 24.4 Å². The Kier molecular flexibility index (Phi) is 7.89. The fourth-order valence-electron chi connectivity index (χ4n) is 6.19. The van der Waals surface area contributed by atoms with Crippen molar-refractivity contribution in [2.45, 2.75) is 38.1 Å². The number of piperidine rings is 1. The van der Waals surface area contributed by atoms with E-state index >= 15 is 0 Å². The molecule has 3 aromatic rings. The molecule has 38 heavy (non-hydrogen) atoms. The van der Waals surface area contributed by atoms with Crippen LogP contribution in [-0.2, 0) is 12.8 Å². The lowest BCUT2D eigenvalue weighted by molar-refractivity contribution is 0.324. The Morgan fingerprint density at radius 1 is 0.895 bits per heavy atom. The van der Waals surface area contributed by atoms with E-state index in [0.29, 0.717) is 23.2 Å².